The summed E-state index contributed by atoms with van der Waals surface area (Å²) in [6, 6.07) is 11.1. The van der Waals surface area contributed by atoms with E-state index in [-0.39, 0.29) is 6.03 Å². The van der Waals surface area contributed by atoms with Crippen LogP contribution in [0.25, 0.3) is 0 Å². The Bertz CT molecular complexity index is 617. The number of hydrogen-bond donors (Lipinski definition) is 2. The van der Waals surface area contributed by atoms with Gasteiger partial charge in [-0.2, -0.15) is 0 Å². The molecule has 0 aliphatic carbocycles. The van der Waals surface area contributed by atoms with Crippen molar-refractivity contribution in [2.75, 3.05) is 58.9 Å². The molecule has 2 amide bonds. The molecule has 2 aliphatic rings. The van der Waals surface area contributed by atoms with Gasteiger partial charge < -0.3 is 15.5 Å². The molecule has 1 aromatic carbocycles. The second-order valence-corrected chi connectivity index (χ2v) is 9.19. The predicted molar refractivity (Wildman–Crippen MR) is 124 cm³/mol. The lowest BCUT2D eigenvalue weighted by atomic mass is 9.99. The minimum absolute atomic E-state index is 0.0282. The summed E-state index contributed by atoms with van der Waals surface area (Å²) in [5.74, 6) is 0.773. The van der Waals surface area contributed by atoms with Gasteiger partial charge in [-0.3, -0.25) is 9.80 Å². The number of piperazine rings is 1. The predicted octanol–water partition coefficient (Wildman–Crippen LogP) is 2.61. The van der Waals surface area contributed by atoms with E-state index in [4.69, 9.17) is 0 Å². The number of carbonyl (C=O) groups is 1. The van der Waals surface area contributed by atoms with Gasteiger partial charge in [0, 0.05) is 58.4 Å². The smallest absolute Gasteiger partial charge is 0.314 e. The van der Waals surface area contributed by atoms with Gasteiger partial charge in [0.1, 0.15) is 0 Å². The van der Waals surface area contributed by atoms with Crippen molar-refractivity contribution in [2.24, 2.45) is 5.92 Å². The number of hydrogen-bond acceptors (Lipinski definition) is 4. The number of rotatable bonds is 9. The summed E-state index contributed by atoms with van der Waals surface area (Å²) in [6.07, 6.45) is 3.61. The molecule has 0 bridgehead atoms. The van der Waals surface area contributed by atoms with Gasteiger partial charge in [0.15, 0.2) is 0 Å². The second kappa shape index (κ2) is 12.3. The quantitative estimate of drug-likeness (QED) is 0.609. The molecule has 2 atom stereocenters. The molecule has 0 saturated carbocycles. The summed E-state index contributed by atoms with van der Waals surface area (Å²) in [4.78, 5) is 19.7. The lowest BCUT2D eigenvalue weighted by Gasteiger charge is -2.35. The highest BCUT2D eigenvalue weighted by atomic mass is 16.2. The van der Waals surface area contributed by atoms with E-state index in [2.05, 4.69) is 69.5 Å². The molecule has 0 radical (unpaired) electrons. The van der Waals surface area contributed by atoms with Gasteiger partial charge in [0.25, 0.3) is 0 Å². The van der Waals surface area contributed by atoms with Crippen LogP contribution in [0.1, 0.15) is 38.7 Å². The summed E-state index contributed by atoms with van der Waals surface area (Å²) in [5, 5.41) is 6.08. The maximum absolute atomic E-state index is 12.1. The Morgan fingerprint density at radius 3 is 2.53 bits per heavy atom. The second-order valence-electron chi connectivity index (χ2n) is 9.19. The Morgan fingerprint density at radius 1 is 1.07 bits per heavy atom. The minimum Gasteiger partial charge on any atom is -0.338 e. The molecule has 2 saturated heterocycles. The topological polar surface area (TPSA) is 50.9 Å². The van der Waals surface area contributed by atoms with E-state index < -0.39 is 0 Å². The molecule has 0 spiro atoms. The Hall–Kier alpha value is -1.63. The highest BCUT2D eigenvalue weighted by Crippen LogP contribution is 2.17. The zero-order chi connectivity index (χ0) is 21.2. The highest BCUT2D eigenvalue weighted by Gasteiger charge is 2.21. The molecule has 1 aromatic rings. The van der Waals surface area contributed by atoms with Crippen molar-refractivity contribution in [3.8, 4) is 0 Å². The van der Waals surface area contributed by atoms with E-state index >= 15 is 0 Å². The van der Waals surface area contributed by atoms with Gasteiger partial charge in [0.05, 0.1) is 0 Å². The average Bonchev–Trinajstić information content (AvgIpc) is 2.77. The first kappa shape index (κ1) is 23.0. The number of likely N-dealkylation sites (tertiary alicyclic amines) is 1. The van der Waals surface area contributed by atoms with Gasteiger partial charge in [-0.15, -0.1) is 0 Å². The van der Waals surface area contributed by atoms with Crippen molar-refractivity contribution in [1.82, 2.24) is 25.3 Å². The SMILES string of the molecule is CC1CCCN(C(C)CNC(=O)NCCCN2CCN(Cc3ccccc3)CC2)C1. The molecular weight excluding hydrogens is 374 g/mol. The summed E-state index contributed by atoms with van der Waals surface area (Å²) in [5.41, 5.74) is 1.39. The van der Waals surface area contributed by atoms with E-state index in [1.54, 1.807) is 0 Å². The number of urea groups is 1. The molecule has 168 valence electrons. The van der Waals surface area contributed by atoms with Crippen LogP contribution < -0.4 is 10.6 Å². The first-order valence-corrected chi connectivity index (χ1v) is 11.8. The molecule has 2 fully saturated rings. The van der Waals surface area contributed by atoms with Gasteiger partial charge >= 0.3 is 6.03 Å². The number of amides is 2. The fourth-order valence-corrected chi connectivity index (χ4v) is 4.58. The maximum atomic E-state index is 12.1. The molecule has 30 heavy (non-hydrogen) atoms. The van der Waals surface area contributed by atoms with Crippen LogP contribution in [0.15, 0.2) is 30.3 Å². The fourth-order valence-electron chi connectivity index (χ4n) is 4.58. The number of nitrogens with one attached hydrogen (secondary N) is 2. The van der Waals surface area contributed by atoms with E-state index in [1.165, 1.54) is 18.4 Å². The van der Waals surface area contributed by atoms with Crippen LogP contribution >= 0.6 is 0 Å². The van der Waals surface area contributed by atoms with Crippen LogP contribution in [0.3, 0.4) is 0 Å². The Morgan fingerprint density at radius 2 is 1.80 bits per heavy atom. The minimum atomic E-state index is -0.0282. The molecule has 2 unspecified atom stereocenters. The van der Waals surface area contributed by atoms with Gasteiger partial charge in [0.2, 0.25) is 0 Å². The van der Waals surface area contributed by atoms with Crippen molar-refractivity contribution in [2.45, 2.75) is 45.7 Å². The van der Waals surface area contributed by atoms with Crippen LogP contribution in [0.2, 0.25) is 0 Å². The lowest BCUT2D eigenvalue weighted by Crippen LogP contribution is -2.48. The van der Waals surface area contributed by atoms with Crippen molar-refractivity contribution in [3.05, 3.63) is 35.9 Å². The molecule has 2 heterocycles. The van der Waals surface area contributed by atoms with Gasteiger partial charge in [-0.05, 0) is 50.8 Å². The highest BCUT2D eigenvalue weighted by molar-refractivity contribution is 5.73. The third-order valence-electron chi connectivity index (χ3n) is 6.52. The molecule has 3 rings (SSSR count). The van der Waals surface area contributed by atoms with Crippen molar-refractivity contribution >= 4 is 6.03 Å². The first-order chi connectivity index (χ1) is 14.6. The molecule has 2 aliphatic heterocycles. The summed E-state index contributed by atoms with van der Waals surface area (Å²) < 4.78 is 0. The van der Waals surface area contributed by atoms with Crippen LogP contribution in [-0.2, 0) is 6.54 Å². The Balaban J connectivity index is 1.21. The third kappa shape index (κ3) is 7.89. The molecule has 0 aromatic heterocycles. The van der Waals surface area contributed by atoms with E-state index in [1.807, 2.05) is 0 Å². The van der Waals surface area contributed by atoms with Crippen molar-refractivity contribution in [1.29, 1.82) is 0 Å². The summed E-state index contributed by atoms with van der Waals surface area (Å²) in [7, 11) is 0. The molecule has 2 N–H and O–H groups in total. The number of carbonyl (C=O) groups excluding carboxylic acids is 1. The zero-order valence-electron chi connectivity index (χ0n) is 19.0. The zero-order valence-corrected chi connectivity index (χ0v) is 19.0. The normalized spacial score (nSPS) is 22.5. The first-order valence-electron chi connectivity index (χ1n) is 11.8. The largest absolute Gasteiger partial charge is 0.338 e. The summed E-state index contributed by atoms with van der Waals surface area (Å²) >= 11 is 0. The number of benzene rings is 1. The van der Waals surface area contributed by atoms with Crippen LogP contribution in [-0.4, -0.2) is 85.7 Å². The number of nitrogens with zero attached hydrogens (tertiary/aromatic N) is 3. The standard InChI is InChI=1S/C24H41N5O/c1-21-8-6-13-29(19-21)22(2)18-26-24(30)25-11-7-12-27-14-16-28(17-15-27)20-23-9-4-3-5-10-23/h3-5,9-10,21-22H,6-8,11-20H2,1-2H3,(H2,25,26,30). The Kier molecular flexibility index (Phi) is 9.43. The molecular formula is C24H41N5O. The van der Waals surface area contributed by atoms with Crippen molar-refractivity contribution in [3.63, 3.8) is 0 Å². The summed E-state index contributed by atoms with van der Waals surface area (Å²) in [6.45, 7) is 14.9. The van der Waals surface area contributed by atoms with Gasteiger partial charge in [-0.25, -0.2) is 4.79 Å². The van der Waals surface area contributed by atoms with Crippen LogP contribution in [0.5, 0.6) is 0 Å². The molecule has 6 nitrogen and oxygen atoms in total. The van der Waals surface area contributed by atoms with Crippen molar-refractivity contribution < 1.29 is 4.79 Å². The van der Waals surface area contributed by atoms with E-state index in [9.17, 15) is 4.79 Å². The Labute approximate surface area is 183 Å². The van der Waals surface area contributed by atoms with Crippen LogP contribution in [0, 0.1) is 5.92 Å². The maximum Gasteiger partial charge on any atom is 0.314 e. The van der Waals surface area contributed by atoms with E-state index in [0.717, 1.165) is 77.8 Å². The monoisotopic (exact) mass is 415 g/mol. The lowest BCUT2D eigenvalue weighted by molar-refractivity contribution is 0.126. The van der Waals surface area contributed by atoms with E-state index in [0.29, 0.717) is 6.04 Å². The van der Waals surface area contributed by atoms with Crippen LogP contribution in [0.4, 0.5) is 4.79 Å². The average molecular weight is 416 g/mol. The molecule has 6 heteroatoms. The third-order valence-corrected chi connectivity index (χ3v) is 6.52. The number of piperidine rings is 1. The fraction of sp³-hybridized carbons (Fsp3) is 0.708. The van der Waals surface area contributed by atoms with Gasteiger partial charge in [-0.1, -0.05) is 37.3 Å².